The number of hydrogen-bond acceptors (Lipinski definition) is 5. The number of rotatable bonds is 6. The van der Waals surface area contributed by atoms with Gasteiger partial charge in [0.1, 0.15) is 12.1 Å². The zero-order chi connectivity index (χ0) is 23.5. The lowest BCUT2D eigenvalue weighted by molar-refractivity contribution is -0.120. The molecule has 0 saturated heterocycles. The van der Waals surface area contributed by atoms with Gasteiger partial charge in [0.2, 0.25) is 11.8 Å². The van der Waals surface area contributed by atoms with E-state index in [1.807, 2.05) is 36.4 Å². The number of halogens is 1. The Balaban J connectivity index is 1.50. The molecule has 8 heteroatoms. The number of anilines is 4. The van der Waals surface area contributed by atoms with Gasteiger partial charge in [0.05, 0.1) is 16.9 Å². The van der Waals surface area contributed by atoms with E-state index in [-0.39, 0.29) is 23.7 Å². The second-order valence-electron chi connectivity index (χ2n) is 9.21. The summed E-state index contributed by atoms with van der Waals surface area (Å²) in [4.78, 5) is 34.8. The molecule has 34 heavy (non-hydrogen) atoms. The van der Waals surface area contributed by atoms with Gasteiger partial charge in [0, 0.05) is 27.4 Å². The third-order valence-corrected chi connectivity index (χ3v) is 7.32. The van der Waals surface area contributed by atoms with Crippen molar-refractivity contribution in [1.29, 1.82) is 0 Å². The summed E-state index contributed by atoms with van der Waals surface area (Å²) in [7, 11) is 0. The van der Waals surface area contributed by atoms with Crippen LogP contribution in [0.25, 0.3) is 10.9 Å². The number of benzene rings is 2. The summed E-state index contributed by atoms with van der Waals surface area (Å²) in [6.07, 6.45) is 9.45. The molecule has 3 aromatic rings. The van der Waals surface area contributed by atoms with E-state index in [2.05, 4.69) is 41.8 Å². The molecule has 2 aromatic carbocycles. The van der Waals surface area contributed by atoms with Crippen LogP contribution in [-0.2, 0) is 9.59 Å². The van der Waals surface area contributed by atoms with Crippen LogP contribution in [-0.4, -0.2) is 21.8 Å². The fourth-order valence-electron chi connectivity index (χ4n) is 4.96. The minimum atomic E-state index is 0.00608. The lowest BCUT2D eigenvalue weighted by Gasteiger charge is -2.18. The summed E-state index contributed by atoms with van der Waals surface area (Å²) in [6.45, 7) is 0. The van der Waals surface area contributed by atoms with Gasteiger partial charge in [-0.15, -0.1) is 0 Å². The maximum Gasteiger partial charge on any atom is 0.227 e. The highest BCUT2D eigenvalue weighted by atomic mass is 79.9. The van der Waals surface area contributed by atoms with Gasteiger partial charge in [-0.1, -0.05) is 47.7 Å². The highest BCUT2D eigenvalue weighted by Crippen LogP contribution is 2.35. The van der Waals surface area contributed by atoms with Crippen molar-refractivity contribution in [2.24, 2.45) is 11.8 Å². The van der Waals surface area contributed by atoms with E-state index in [9.17, 15) is 9.59 Å². The summed E-state index contributed by atoms with van der Waals surface area (Å²) >= 11 is 3.50. The molecular weight excluding hydrogens is 494 g/mol. The van der Waals surface area contributed by atoms with Gasteiger partial charge < -0.3 is 16.0 Å². The summed E-state index contributed by atoms with van der Waals surface area (Å²) in [5.74, 6) is 0.683. The quantitative estimate of drug-likeness (QED) is 0.349. The first-order valence-corrected chi connectivity index (χ1v) is 12.8. The second kappa shape index (κ2) is 10.1. The van der Waals surface area contributed by atoms with Crippen LogP contribution in [0.1, 0.15) is 51.4 Å². The van der Waals surface area contributed by atoms with Crippen molar-refractivity contribution in [2.45, 2.75) is 51.4 Å². The summed E-state index contributed by atoms with van der Waals surface area (Å²) in [5.41, 5.74) is 2.74. The predicted molar refractivity (Wildman–Crippen MR) is 138 cm³/mol. The molecule has 3 N–H and O–H groups in total. The summed E-state index contributed by atoms with van der Waals surface area (Å²) in [5, 5.41) is 10.3. The first kappa shape index (κ1) is 22.8. The van der Waals surface area contributed by atoms with Crippen molar-refractivity contribution in [3.63, 3.8) is 0 Å². The fraction of sp³-hybridized carbons (Fsp3) is 0.385. The molecule has 1 aromatic heterocycles. The molecule has 2 saturated carbocycles. The smallest absolute Gasteiger partial charge is 0.227 e. The molecular formula is C26H28BrN5O2. The number of carbonyl (C=O) groups excluding carboxylic acids is 2. The Morgan fingerprint density at radius 1 is 0.824 bits per heavy atom. The molecule has 5 rings (SSSR count). The molecule has 0 atom stereocenters. The molecule has 0 radical (unpaired) electrons. The third-order valence-electron chi connectivity index (χ3n) is 6.83. The molecule has 1 heterocycles. The fourth-order valence-corrected chi connectivity index (χ4v) is 5.36. The molecule has 2 aliphatic rings. The third kappa shape index (κ3) is 5.06. The number of nitrogens with zero attached hydrogens (tertiary/aromatic N) is 2. The first-order chi connectivity index (χ1) is 16.6. The van der Waals surface area contributed by atoms with E-state index >= 15 is 0 Å². The van der Waals surface area contributed by atoms with Crippen LogP contribution in [0.4, 0.5) is 22.9 Å². The Kier molecular flexibility index (Phi) is 6.76. The van der Waals surface area contributed by atoms with Crippen molar-refractivity contribution >= 4 is 61.5 Å². The number of aromatic nitrogens is 2. The van der Waals surface area contributed by atoms with Crippen molar-refractivity contribution in [1.82, 2.24) is 9.97 Å². The van der Waals surface area contributed by atoms with E-state index in [1.54, 1.807) is 0 Å². The maximum absolute atomic E-state index is 13.0. The van der Waals surface area contributed by atoms with Gasteiger partial charge in [-0.05, 0) is 56.0 Å². The number of fused-ring (bicyclic) bond motifs is 1. The zero-order valence-corrected chi connectivity index (χ0v) is 20.5. The average molecular weight is 522 g/mol. The number of hydrogen-bond donors (Lipinski definition) is 3. The van der Waals surface area contributed by atoms with E-state index in [0.29, 0.717) is 22.7 Å². The zero-order valence-electron chi connectivity index (χ0n) is 18.9. The molecule has 0 spiro atoms. The van der Waals surface area contributed by atoms with Crippen molar-refractivity contribution < 1.29 is 9.59 Å². The van der Waals surface area contributed by atoms with E-state index < -0.39 is 0 Å². The minimum absolute atomic E-state index is 0.00608. The predicted octanol–water partition coefficient (Wildman–Crippen LogP) is 6.39. The van der Waals surface area contributed by atoms with Crippen LogP contribution >= 0.6 is 15.9 Å². The summed E-state index contributed by atoms with van der Waals surface area (Å²) < 4.78 is 0.956. The van der Waals surface area contributed by atoms with Crippen LogP contribution in [0.2, 0.25) is 0 Å². The molecule has 0 bridgehead atoms. The molecule has 2 aliphatic carbocycles. The molecule has 7 nitrogen and oxygen atoms in total. The van der Waals surface area contributed by atoms with Gasteiger partial charge in [-0.3, -0.25) is 9.59 Å². The van der Waals surface area contributed by atoms with Crippen LogP contribution in [0, 0.1) is 11.8 Å². The molecule has 2 fully saturated rings. The van der Waals surface area contributed by atoms with E-state index in [1.165, 1.54) is 6.33 Å². The Hall–Kier alpha value is -3.00. The Bertz CT molecular complexity index is 1220. The highest BCUT2D eigenvalue weighted by Gasteiger charge is 2.26. The Morgan fingerprint density at radius 3 is 2.06 bits per heavy atom. The maximum atomic E-state index is 13.0. The van der Waals surface area contributed by atoms with Crippen LogP contribution in [0.3, 0.4) is 0 Å². The molecule has 0 unspecified atom stereocenters. The number of nitrogens with one attached hydrogen (secondary N) is 3. The van der Waals surface area contributed by atoms with Gasteiger partial charge in [-0.2, -0.15) is 0 Å². The van der Waals surface area contributed by atoms with Gasteiger partial charge in [0.15, 0.2) is 0 Å². The van der Waals surface area contributed by atoms with Gasteiger partial charge in [0.25, 0.3) is 0 Å². The average Bonchev–Trinajstić information content (AvgIpc) is 3.55. The Labute approximate surface area is 207 Å². The summed E-state index contributed by atoms with van der Waals surface area (Å²) in [6, 6.07) is 11.5. The molecule has 2 amide bonds. The lowest BCUT2D eigenvalue weighted by atomic mass is 10.1. The largest absolute Gasteiger partial charge is 0.340 e. The Morgan fingerprint density at radius 2 is 1.44 bits per heavy atom. The topological polar surface area (TPSA) is 96.0 Å². The normalized spacial score (nSPS) is 16.6. The van der Waals surface area contributed by atoms with Crippen molar-refractivity contribution in [2.75, 3.05) is 16.0 Å². The van der Waals surface area contributed by atoms with Gasteiger partial charge in [-0.25, -0.2) is 9.97 Å². The molecule has 176 valence electrons. The van der Waals surface area contributed by atoms with E-state index in [4.69, 9.17) is 0 Å². The van der Waals surface area contributed by atoms with Crippen LogP contribution < -0.4 is 16.0 Å². The monoisotopic (exact) mass is 521 g/mol. The molecule has 0 aliphatic heterocycles. The highest BCUT2D eigenvalue weighted by molar-refractivity contribution is 9.10. The van der Waals surface area contributed by atoms with Crippen LogP contribution in [0.15, 0.2) is 47.2 Å². The second-order valence-corrected chi connectivity index (χ2v) is 10.1. The standard InChI is InChI=1S/C26H28BrN5O2/c27-18-10-5-11-19(12-18)30-24-20-13-22(31-25(33)16-6-1-2-7-16)23(14-21(20)28-15-29-24)32-26(34)17-8-3-4-9-17/h5,10-17H,1-4,6-9H2,(H,31,33)(H,32,34)(H,28,29,30). The first-order valence-electron chi connectivity index (χ1n) is 12.0. The van der Waals surface area contributed by atoms with Crippen LogP contribution in [0.5, 0.6) is 0 Å². The van der Waals surface area contributed by atoms with Crippen molar-refractivity contribution in [3.8, 4) is 0 Å². The number of carbonyl (C=O) groups is 2. The SMILES string of the molecule is O=C(Nc1cc2ncnc(Nc3cccc(Br)c3)c2cc1NC(=O)C1CCCC1)C1CCCC1. The van der Waals surface area contributed by atoms with Crippen molar-refractivity contribution in [3.05, 3.63) is 47.2 Å². The minimum Gasteiger partial charge on any atom is -0.340 e. The van der Waals surface area contributed by atoms with E-state index in [0.717, 1.165) is 66.9 Å². The number of amides is 2. The van der Waals surface area contributed by atoms with Gasteiger partial charge >= 0.3 is 0 Å². The lowest BCUT2D eigenvalue weighted by Crippen LogP contribution is -2.24.